The Kier molecular flexibility index (Phi) is 4.30. The zero-order chi connectivity index (χ0) is 15.6. The number of benzene rings is 1. The number of aryl methyl sites for hydroxylation is 2. The normalized spacial score (nSPS) is 16.6. The first-order chi connectivity index (χ1) is 10.6. The minimum Gasteiger partial charge on any atom is -0.280 e. The molecule has 1 unspecified atom stereocenters. The number of carbonyl (C=O) groups is 1. The molecule has 1 heterocycles. The molecule has 0 aliphatic heterocycles. The van der Waals surface area contributed by atoms with E-state index in [0.29, 0.717) is 6.42 Å². The molecule has 2 nitrogen and oxygen atoms in total. The second-order valence-corrected chi connectivity index (χ2v) is 6.68. The molecule has 1 aliphatic rings. The molecule has 1 aromatic carbocycles. The third kappa shape index (κ3) is 2.93. The molecule has 0 saturated carbocycles. The summed E-state index contributed by atoms with van der Waals surface area (Å²) in [5.41, 5.74) is 4.12. The van der Waals surface area contributed by atoms with Gasteiger partial charge < -0.3 is 0 Å². The van der Waals surface area contributed by atoms with Crippen molar-refractivity contribution in [2.24, 2.45) is 0 Å². The van der Waals surface area contributed by atoms with Crippen LogP contribution in [0, 0.1) is 0 Å². The molecular formula is C19H20ClNO. The summed E-state index contributed by atoms with van der Waals surface area (Å²) in [5.74, 6) is 0. The zero-order valence-corrected chi connectivity index (χ0v) is 13.6. The fraction of sp³-hybridized carbons (Fsp3) is 0.368. The molecule has 0 fully saturated rings. The quantitative estimate of drug-likeness (QED) is 0.791. The van der Waals surface area contributed by atoms with Crippen LogP contribution >= 0.6 is 11.6 Å². The average Bonchev–Trinajstić information content (AvgIpc) is 2.55. The highest BCUT2D eigenvalue weighted by molar-refractivity contribution is 6.65. The minimum absolute atomic E-state index is 0.313. The molecule has 1 aromatic heterocycles. The molecule has 1 atom stereocenters. The van der Waals surface area contributed by atoms with E-state index < -0.39 is 5.41 Å². The molecule has 0 bridgehead atoms. The number of fused-ring (bicyclic) bond motifs is 1. The lowest BCUT2D eigenvalue weighted by Crippen LogP contribution is -2.32. The first-order valence-electron chi connectivity index (χ1n) is 7.81. The topological polar surface area (TPSA) is 30.0 Å². The summed E-state index contributed by atoms with van der Waals surface area (Å²) in [5, 5.41) is -0.313. The second-order valence-electron chi connectivity index (χ2n) is 6.33. The van der Waals surface area contributed by atoms with Gasteiger partial charge in [-0.25, -0.2) is 0 Å². The highest BCUT2D eigenvalue weighted by Crippen LogP contribution is 2.33. The fourth-order valence-electron chi connectivity index (χ4n) is 3.27. The first-order valence-corrected chi connectivity index (χ1v) is 8.18. The van der Waals surface area contributed by atoms with Gasteiger partial charge in [-0.1, -0.05) is 24.3 Å². The van der Waals surface area contributed by atoms with Crippen LogP contribution in [0.1, 0.15) is 42.0 Å². The minimum atomic E-state index is -0.711. The molecule has 0 saturated heterocycles. The van der Waals surface area contributed by atoms with Gasteiger partial charge in [0, 0.05) is 12.4 Å². The van der Waals surface area contributed by atoms with Crippen LogP contribution in [0.25, 0.3) is 0 Å². The predicted molar refractivity (Wildman–Crippen MR) is 89.2 cm³/mol. The number of halogens is 1. The van der Waals surface area contributed by atoms with Crippen molar-refractivity contribution in [3.63, 3.8) is 0 Å². The highest BCUT2D eigenvalue weighted by Gasteiger charge is 2.34. The van der Waals surface area contributed by atoms with Gasteiger partial charge >= 0.3 is 0 Å². The molecule has 114 valence electrons. The number of aromatic nitrogens is 1. The number of pyridine rings is 1. The molecule has 0 spiro atoms. The van der Waals surface area contributed by atoms with Crippen molar-refractivity contribution in [1.82, 2.24) is 4.98 Å². The Morgan fingerprint density at radius 2 is 2.00 bits per heavy atom. The van der Waals surface area contributed by atoms with Crippen LogP contribution in [0.2, 0.25) is 0 Å². The van der Waals surface area contributed by atoms with Gasteiger partial charge in [0.25, 0.3) is 0 Å². The first kappa shape index (κ1) is 15.2. The van der Waals surface area contributed by atoms with Gasteiger partial charge in [0.15, 0.2) is 0 Å². The lowest BCUT2D eigenvalue weighted by molar-refractivity contribution is -0.116. The molecule has 0 radical (unpaired) electrons. The monoisotopic (exact) mass is 313 g/mol. The Bertz CT molecular complexity index is 683. The maximum absolute atomic E-state index is 12.2. The van der Waals surface area contributed by atoms with Crippen LogP contribution in [0.15, 0.2) is 42.7 Å². The smallest absolute Gasteiger partial charge is 0.232 e. The maximum Gasteiger partial charge on any atom is 0.232 e. The average molecular weight is 314 g/mol. The fourth-order valence-corrected chi connectivity index (χ4v) is 3.45. The van der Waals surface area contributed by atoms with Crippen LogP contribution < -0.4 is 0 Å². The summed E-state index contributed by atoms with van der Waals surface area (Å²) >= 11 is 5.99. The third-order valence-electron chi connectivity index (χ3n) is 4.70. The van der Waals surface area contributed by atoms with Gasteiger partial charge in [-0.3, -0.25) is 9.78 Å². The summed E-state index contributed by atoms with van der Waals surface area (Å²) < 4.78 is 0. The van der Waals surface area contributed by atoms with E-state index in [9.17, 15) is 4.79 Å². The summed E-state index contributed by atoms with van der Waals surface area (Å²) in [6.07, 6.45) is 8.84. The second kappa shape index (κ2) is 6.21. The van der Waals surface area contributed by atoms with E-state index in [4.69, 9.17) is 11.6 Å². The van der Waals surface area contributed by atoms with E-state index in [1.165, 1.54) is 24.0 Å². The maximum atomic E-state index is 12.2. The Balaban J connectivity index is 1.98. The van der Waals surface area contributed by atoms with Gasteiger partial charge in [-0.05, 0) is 78.9 Å². The van der Waals surface area contributed by atoms with Gasteiger partial charge in [0.2, 0.25) is 5.24 Å². The van der Waals surface area contributed by atoms with Crippen LogP contribution in [-0.4, -0.2) is 10.2 Å². The van der Waals surface area contributed by atoms with Crippen LogP contribution in [-0.2, 0) is 29.5 Å². The van der Waals surface area contributed by atoms with Crippen molar-refractivity contribution in [1.29, 1.82) is 0 Å². The summed E-state index contributed by atoms with van der Waals surface area (Å²) in [6.45, 7) is 1.93. The number of nitrogens with zero attached hydrogens (tertiary/aromatic N) is 1. The Morgan fingerprint density at radius 3 is 2.68 bits per heavy atom. The van der Waals surface area contributed by atoms with Gasteiger partial charge in [-0.15, -0.1) is 0 Å². The van der Waals surface area contributed by atoms with E-state index in [2.05, 4.69) is 23.2 Å². The van der Waals surface area contributed by atoms with Gasteiger partial charge in [0.05, 0.1) is 5.41 Å². The number of carbonyl (C=O) groups excluding carboxylic acids is 1. The highest BCUT2D eigenvalue weighted by atomic mass is 35.5. The van der Waals surface area contributed by atoms with Crippen LogP contribution in [0.4, 0.5) is 0 Å². The largest absolute Gasteiger partial charge is 0.280 e. The number of hydrogen-bond acceptors (Lipinski definition) is 2. The van der Waals surface area contributed by atoms with Crippen molar-refractivity contribution in [3.8, 4) is 0 Å². The molecular weight excluding hydrogens is 294 g/mol. The lowest BCUT2D eigenvalue weighted by atomic mass is 9.76. The van der Waals surface area contributed by atoms with Crippen LogP contribution in [0.5, 0.6) is 0 Å². The summed E-state index contributed by atoms with van der Waals surface area (Å²) in [6, 6.07) is 10.3. The SMILES string of the molecule is CC(Cc1cccnc1)(C(=O)Cl)c1ccc2c(c1)CCCC2. The van der Waals surface area contributed by atoms with Crippen molar-refractivity contribution in [2.75, 3.05) is 0 Å². The Morgan fingerprint density at radius 1 is 1.23 bits per heavy atom. The summed E-state index contributed by atoms with van der Waals surface area (Å²) in [7, 11) is 0. The van der Waals surface area contributed by atoms with E-state index in [1.54, 1.807) is 12.4 Å². The lowest BCUT2D eigenvalue weighted by Gasteiger charge is -2.28. The van der Waals surface area contributed by atoms with E-state index in [1.807, 2.05) is 19.1 Å². The van der Waals surface area contributed by atoms with E-state index in [-0.39, 0.29) is 5.24 Å². The Hall–Kier alpha value is -1.67. The molecule has 3 heteroatoms. The molecule has 0 amide bonds. The van der Waals surface area contributed by atoms with Crippen LogP contribution in [0.3, 0.4) is 0 Å². The summed E-state index contributed by atoms with van der Waals surface area (Å²) in [4.78, 5) is 16.3. The van der Waals surface area contributed by atoms with Crippen molar-refractivity contribution >= 4 is 16.8 Å². The number of hydrogen-bond donors (Lipinski definition) is 0. The predicted octanol–water partition coefficient (Wildman–Crippen LogP) is 4.23. The van der Waals surface area contributed by atoms with E-state index >= 15 is 0 Å². The zero-order valence-electron chi connectivity index (χ0n) is 12.8. The molecule has 1 aliphatic carbocycles. The molecule has 22 heavy (non-hydrogen) atoms. The molecule has 3 rings (SSSR count). The van der Waals surface area contributed by atoms with E-state index in [0.717, 1.165) is 24.0 Å². The molecule has 2 aromatic rings. The van der Waals surface area contributed by atoms with Crippen molar-refractivity contribution in [3.05, 3.63) is 65.0 Å². The van der Waals surface area contributed by atoms with Gasteiger partial charge in [-0.2, -0.15) is 0 Å². The standard InChI is InChI=1S/C19H20ClNO/c1-19(18(20)22,12-14-5-4-10-21-13-14)17-9-8-15-6-2-3-7-16(15)11-17/h4-5,8-11,13H,2-3,6-7,12H2,1H3. The number of rotatable bonds is 4. The van der Waals surface area contributed by atoms with Crippen molar-refractivity contribution in [2.45, 2.75) is 44.4 Å². The van der Waals surface area contributed by atoms with Gasteiger partial charge in [0.1, 0.15) is 0 Å². The third-order valence-corrected chi connectivity index (χ3v) is 5.12. The Labute approximate surface area is 136 Å². The van der Waals surface area contributed by atoms with Crippen molar-refractivity contribution < 1.29 is 4.79 Å². The molecule has 0 N–H and O–H groups in total.